The Balaban J connectivity index is 1.79. The minimum Gasteiger partial charge on any atom is -0.390 e. The second kappa shape index (κ2) is 16.4. The lowest BCUT2D eigenvalue weighted by atomic mass is 9.82. The molecular formula is C34H55N3O5. The third-order valence-electron chi connectivity index (χ3n) is 9.14. The van der Waals surface area contributed by atoms with Gasteiger partial charge in [0, 0.05) is 26.4 Å². The number of hydrogen-bond donors (Lipinski definition) is 3. The summed E-state index contributed by atoms with van der Waals surface area (Å²) in [7, 11) is 3.35. The van der Waals surface area contributed by atoms with Gasteiger partial charge in [-0.2, -0.15) is 0 Å². The molecule has 1 aromatic rings. The molecule has 8 heteroatoms. The molecule has 0 aromatic heterocycles. The van der Waals surface area contributed by atoms with E-state index in [2.05, 4.69) is 5.32 Å². The maximum atomic E-state index is 13.9. The number of nitrogens with one attached hydrogen (secondary N) is 1. The Morgan fingerprint density at radius 1 is 0.881 bits per heavy atom. The summed E-state index contributed by atoms with van der Waals surface area (Å²) in [5, 5.41) is 25.2. The zero-order valence-corrected chi connectivity index (χ0v) is 26.5. The largest absolute Gasteiger partial charge is 0.390 e. The number of likely N-dealkylation sites (N-methyl/N-ethyl adjacent to an activating group) is 1. The van der Waals surface area contributed by atoms with E-state index in [4.69, 9.17) is 0 Å². The number of aliphatic hydroxyl groups excluding tert-OH is 2. The molecular weight excluding hydrogens is 530 g/mol. The van der Waals surface area contributed by atoms with Gasteiger partial charge in [-0.1, -0.05) is 89.1 Å². The Morgan fingerprint density at radius 2 is 1.50 bits per heavy atom. The van der Waals surface area contributed by atoms with Crippen molar-refractivity contribution >= 4 is 17.7 Å². The van der Waals surface area contributed by atoms with Gasteiger partial charge in [-0.25, -0.2) is 0 Å². The van der Waals surface area contributed by atoms with E-state index < -0.39 is 24.2 Å². The fraction of sp³-hybridized carbons (Fsp3) is 0.735. The summed E-state index contributed by atoms with van der Waals surface area (Å²) in [6, 6.07) is 8.73. The number of amides is 3. The Kier molecular flexibility index (Phi) is 13.3. The van der Waals surface area contributed by atoms with E-state index in [1.807, 2.05) is 51.1 Å². The summed E-state index contributed by atoms with van der Waals surface area (Å²) >= 11 is 0. The van der Waals surface area contributed by atoms with E-state index in [0.29, 0.717) is 31.1 Å². The number of benzene rings is 1. The van der Waals surface area contributed by atoms with Gasteiger partial charge in [0.2, 0.25) is 17.7 Å². The van der Waals surface area contributed by atoms with Gasteiger partial charge in [0.15, 0.2) is 0 Å². The maximum Gasteiger partial charge on any atom is 0.241 e. The van der Waals surface area contributed by atoms with E-state index in [1.54, 1.807) is 19.0 Å². The van der Waals surface area contributed by atoms with Gasteiger partial charge >= 0.3 is 0 Å². The summed E-state index contributed by atoms with van der Waals surface area (Å²) in [4.78, 5) is 43.6. The summed E-state index contributed by atoms with van der Waals surface area (Å²) < 4.78 is 0. The SMILES string of the molecule is CC(C)C[C@H](O)[C@H](O)[C@H](CC1CCCCC1)NC(=O)[C@H](CC(=O)N(CC(=O)N(C)C)[C@@H](C)c1ccccc1)CC1CC1. The Hall–Kier alpha value is -2.45. The van der Waals surface area contributed by atoms with Crippen molar-refractivity contribution in [1.82, 2.24) is 15.1 Å². The fourth-order valence-corrected chi connectivity index (χ4v) is 6.26. The lowest BCUT2D eigenvalue weighted by Gasteiger charge is -2.34. The van der Waals surface area contributed by atoms with Crippen molar-refractivity contribution < 1.29 is 24.6 Å². The molecule has 2 fully saturated rings. The van der Waals surface area contributed by atoms with Crippen LogP contribution in [-0.2, 0) is 14.4 Å². The predicted octanol–water partition coefficient (Wildman–Crippen LogP) is 4.69. The molecule has 2 saturated carbocycles. The number of nitrogens with zero attached hydrogens (tertiary/aromatic N) is 2. The number of hydrogen-bond acceptors (Lipinski definition) is 5. The standard InChI is InChI=1S/C34H55N3O5/c1-23(2)18-30(38)33(41)29(20-25-12-8-6-9-13-25)35-34(42)28(19-26-16-17-26)21-31(39)37(22-32(40)36(4)5)24(3)27-14-10-7-11-15-27/h7,10-11,14-15,23-26,28-30,33,38,41H,6,8-9,12-13,16-22H2,1-5H3,(H,35,42)/t24-,28-,29-,30-,33+/m0/s1. The first kappa shape index (κ1) is 34.0. The van der Waals surface area contributed by atoms with Crippen molar-refractivity contribution in [3.63, 3.8) is 0 Å². The molecule has 0 bridgehead atoms. The van der Waals surface area contributed by atoms with Crippen LogP contribution in [0.25, 0.3) is 0 Å². The molecule has 0 unspecified atom stereocenters. The van der Waals surface area contributed by atoms with Crippen LogP contribution in [0.2, 0.25) is 0 Å². The van der Waals surface area contributed by atoms with E-state index >= 15 is 0 Å². The molecule has 0 aliphatic heterocycles. The lowest BCUT2D eigenvalue weighted by molar-refractivity contribution is -0.143. The van der Waals surface area contributed by atoms with Gasteiger partial charge in [-0.05, 0) is 49.5 Å². The fourth-order valence-electron chi connectivity index (χ4n) is 6.26. The van der Waals surface area contributed by atoms with Gasteiger partial charge in [0.1, 0.15) is 12.6 Å². The number of carbonyl (C=O) groups is 3. The van der Waals surface area contributed by atoms with Crippen LogP contribution >= 0.6 is 0 Å². The minimum absolute atomic E-state index is 0.000999. The molecule has 1 aromatic carbocycles. The van der Waals surface area contributed by atoms with Crippen molar-refractivity contribution in [2.45, 2.75) is 116 Å². The van der Waals surface area contributed by atoms with E-state index in [9.17, 15) is 24.6 Å². The van der Waals surface area contributed by atoms with Crippen molar-refractivity contribution in [2.24, 2.45) is 23.7 Å². The lowest BCUT2D eigenvalue weighted by Crippen LogP contribution is -2.52. The van der Waals surface area contributed by atoms with Crippen molar-refractivity contribution in [3.8, 4) is 0 Å². The molecule has 2 aliphatic rings. The van der Waals surface area contributed by atoms with E-state index in [1.165, 1.54) is 11.3 Å². The van der Waals surface area contributed by atoms with Gasteiger partial charge in [0.25, 0.3) is 0 Å². The van der Waals surface area contributed by atoms with Gasteiger partial charge in [0.05, 0.1) is 18.2 Å². The molecule has 0 heterocycles. The first-order valence-electron chi connectivity index (χ1n) is 16.2. The van der Waals surface area contributed by atoms with Crippen LogP contribution in [0.3, 0.4) is 0 Å². The quantitative estimate of drug-likeness (QED) is 0.261. The van der Waals surface area contributed by atoms with Crippen LogP contribution in [0.4, 0.5) is 0 Å². The molecule has 3 rings (SSSR count). The zero-order valence-electron chi connectivity index (χ0n) is 26.5. The highest BCUT2D eigenvalue weighted by molar-refractivity contribution is 5.89. The van der Waals surface area contributed by atoms with Gasteiger partial charge in [-0.15, -0.1) is 0 Å². The smallest absolute Gasteiger partial charge is 0.241 e. The van der Waals surface area contributed by atoms with E-state index in [-0.39, 0.29) is 42.6 Å². The second-order valence-corrected chi connectivity index (χ2v) is 13.5. The third-order valence-corrected chi connectivity index (χ3v) is 9.14. The van der Waals surface area contributed by atoms with Crippen molar-refractivity contribution in [1.29, 1.82) is 0 Å². The molecule has 236 valence electrons. The Bertz CT molecular complexity index is 990. The van der Waals surface area contributed by atoms with Crippen LogP contribution in [0.5, 0.6) is 0 Å². The summed E-state index contributed by atoms with van der Waals surface area (Å²) in [5.74, 6) is -0.191. The van der Waals surface area contributed by atoms with Crippen LogP contribution < -0.4 is 5.32 Å². The average molecular weight is 586 g/mol. The highest BCUT2D eigenvalue weighted by Crippen LogP contribution is 2.37. The molecule has 8 nitrogen and oxygen atoms in total. The maximum absolute atomic E-state index is 13.9. The summed E-state index contributed by atoms with van der Waals surface area (Å²) in [6.45, 7) is 5.86. The first-order chi connectivity index (χ1) is 20.0. The van der Waals surface area contributed by atoms with Gasteiger partial charge < -0.3 is 25.3 Å². The Morgan fingerprint density at radius 3 is 2.07 bits per heavy atom. The average Bonchev–Trinajstić information content (AvgIpc) is 3.79. The van der Waals surface area contributed by atoms with Gasteiger partial charge in [-0.3, -0.25) is 14.4 Å². The molecule has 0 spiro atoms. The molecule has 5 atom stereocenters. The Labute approximate surface area is 253 Å². The van der Waals surface area contributed by atoms with Crippen LogP contribution in [0, 0.1) is 23.7 Å². The second-order valence-electron chi connectivity index (χ2n) is 13.5. The molecule has 2 aliphatic carbocycles. The van der Waals surface area contributed by atoms with Crippen LogP contribution in [0.1, 0.15) is 103 Å². The number of aliphatic hydroxyl groups is 2. The number of rotatable bonds is 16. The van der Waals surface area contributed by atoms with Crippen LogP contribution in [0.15, 0.2) is 30.3 Å². The minimum atomic E-state index is -1.07. The highest BCUT2D eigenvalue weighted by atomic mass is 16.3. The van der Waals surface area contributed by atoms with Crippen LogP contribution in [-0.4, -0.2) is 76.6 Å². The van der Waals surface area contributed by atoms with Crippen molar-refractivity contribution in [3.05, 3.63) is 35.9 Å². The molecule has 3 amide bonds. The predicted molar refractivity (Wildman–Crippen MR) is 165 cm³/mol. The molecule has 0 saturated heterocycles. The highest BCUT2D eigenvalue weighted by Gasteiger charge is 2.37. The molecule has 0 radical (unpaired) electrons. The zero-order chi connectivity index (χ0) is 30.8. The monoisotopic (exact) mass is 585 g/mol. The first-order valence-corrected chi connectivity index (χ1v) is 16.2. The summed E-state index contributed by atoms with van der Waals surface area (Å²) in [5.41, 5.74) is 0.926. The normalized spacial score (nSPS) is 19.4. The van der Waals surface area contributed by atoms with Crippen molar-refractivity contribution in [2.75, 3.05) is 20.6 Å². The molecule has 42 heavy (non-hydrogen) atoms. The molecule has 3 N–H and O–H groups in total. The summed E-state index contributed by atoms with van der Waals surface area (Å²) in [6.07, 6.45) is 7.42. The van der Waals surface area contributed by atoms with E-state index in [0.717, 1.165) is 44.1 Å². The topological polar surface area (TPSA) is 110 Å². The third kappa shape index (κ3) is 10.7. The number of carbonyl (C=O) groups excluding carboxylic acids is 3.